The van der Waals surface area contributed by atoms with E-state index in [0.717, 1.165) is 32.5 Å². The van der Waals surface area contributed by atoms with Crippen LogP contribution in [0.3, 0.4) is 0 Å². The molecule has 2 saturated carbocycles. The van der Waals surface area contributed by atoms with Crippen LogP contribution in [0.25, 0.3) is 0 Å². The normalized spacial score (nSPS) is 28.1. The number of nitrogens with zero attached hydrogens (tertiary/aromatic N) is 2. The number of nitrogens with one attached hydrogen (secondary N) is 1. The second-order valence-corrected chi connectivity index (χ2v) is 13.8. The fraction of sp³-hybridized carbons (Fsp3) is 0.710. The highest BCUT2D eigenvalue weighted by Gasteiger charge is 2.44. The van der Waals surface area contributed by atoms with Crippen molar-refractivity contribution in [3.05, 3.63) is 35.9 Å². The van der Waals surface area contributed by atoms with Crippen molar-refractivity contribution in [2.45, 2.75) is 91.0 Å². The first-order valence-electron chi connectivity index (χ1n) is 14.5. The molecule has 216 valence electrons. The standard InChI is InChI=1S/C19H28N2O2.C12H19NO3/c1-19(2,3)23-18(22)21-12-15-9-17(10-16(15)13-21)20-11-14-7-5-4-6-8-14;1-12(2,3)16-11(15)13-6-8-4-10(14)5-9(8)7-13/h4-8,15-17,20H,9-13H2,1-3H3;8-9H,4-7H2,1-3H3. The van der Waals surface area contributed by atoms with Crippen molar-refractivity contribution in [3.8, 4) is 0 Å². The lowest BCUT2D eigenvalue weighted by Crippen LogP contribution is -2.37. The third kappa shape index (κ3) is 8.44. The van der Waals surface area contributed by atoms with E-state index in [9.17, 15) is 14.4 Å². The van der Waals surface area contributed by atoms with E-state index in [1.165, 1.54) is 5.56 Å². The van der Waals surface area contributed by atoms with Gasteiger partial charge >= 0.3 is 12.2 Å². The van der Waals surface area contributed by atoms with Gasteiger partial charge in [0, 0.05) is 51.6 Å². The van der Waals surface area contributed by atoms with Crippen LogP contribution < -0.4 is 5.32 Å². The minimum absolute atomic E-state index is 0.152. The summed E-state index contributed by atoms with van der Waals surface area (Å²) in [5, 5.41) is 3.67. The Morgan fingerprint density at radius 2 is 1.21 bits per heavy atom. The maximum atomic E-state index is 12.2. The average Bonchev–Trinajstić information content (AvgIpc) is 3.55. The summed E-state index contributed by atoms with van der Waals surface area (Å²) in [5.74, 6) is 2.34. The Morgan fingerprint density at radius 1 is 0.769 bits per heavy atom. The fourth-order valence-corrected chi connectivity index (χ4v) is 6.35. The number of carbonyl (C=O) groups is 3. The van der Waals surface area contributed by atoms with E-state index in [2.05, 4.69) is 35.6 Å². The van der Waals surface area contributed by atoms with Crippen molar-refractivity contribution in [2.24, 2.45) is 23.7 Å². The summed E-state index contributed by atoms with van der Waals surface area (Å²) in [5.41, 5.74) is 0.485. The number of hydrogen-bond acceptors (Lipinski definition) is 6. The lowest BCUT2D eigenvalue weighted by molar-refractivity contribution is -0.118. The van der Waals surface area contributed by atoms with Crippen LogP contribution in [-0.2, 0) is 20.8 Å². The van der Waals surface area contributed by atoms with Gasteiger partial charge in [-0.3, -0.25) is 4.79 Å². The zero-order chi connectivity index (χ0) is 28.4. The molecule has 2 heterocycles. The first-order valence-corrected chi connectivity index (χ1v) is 14.5. The molecule has 0 spiro atoms. The highest BCUT2D eigenvalue weighted by atomic mass is 16.6. The molecule has 8 heteroatoms. The lowest BCUT2D eigenvalue weighted by atomic mass is 10.0. The average molecular weight is 542 g/mol. The van der Waals surface area contributed by atoms with E-state index in [-0.39, 0.29) is 12.2 Å². The Balaban J connectivity index is 0.000000193. The Labute approximate surface area is 233 Å². The molecule has 1 aromatic rings. The van der Waals surface area contributed by atoms with Crippen molar-refractivity contribution < 1.29 is 23.9 Å². The van der Waals surface area contributed by atoms with E-state index < -0.39 is 11.2 Å². The van der Waals surface area contributed by atoms with Gasteiger partial charge in [-0.15, -0.1) is 0 Å². The Morgan fingerprint density at radius 3 is 1.64 bits per heavy atom. The monoisotopic (exact) mass is 541 g/mol. The molecule has 2 aliphatic carbocycles. The van der Waals surface area contributed by atoms with Gasteiger partial charge in [-0.1, -0.05) is 30.3 Å². The van der Waals surface area contributed by atoms with Crippen molar-refractivity contribution in [1.82, 2.24) is 15.1 Å². The van der Waals surface area contributed by atoms with E-state index in [4.69, 9.17) is 9.47 Å². The SMILES string of the molecule is CC(C)(C)OC(=O)N1CC2CC(=O)CC2C1.CC(C)(C)OC(=O)N1CC2CC(NCc3ccccc3)CC2C1. The van der Waals surface area contributed by atoms with Crippen LogP contribution in [-0.4, -0.2) is 71.2 Å². The van der Waals surface area contributed by atoms with Crippen molar-refractivity contribution in [1.29, 1.82) is 0 Å². The van der Waals surface area contributed by atoms with E-state index in [1.807, 2.05) is 46.4 Å². The molecule has 0 radical (unpaired) electrons. The first kappa shape index (κ1) is 29.4. The van der Waals surface area contributed by atoms with Gasteiger partial charge in [-0.2, -0.15) is 0 Å². The van der Waals surface area contributed by atoms with Gasteiger partial charge in [0.2, 0.25) is 0 Å². The molecule has 4 atom stereocenters. The van der Waals surface area contributed by atoms with Crippen molar-refractivity contribution >= 4 is 18.0 Å². The molecule has 2 amide bonds. The summed E-state index contributed by atoms with van der Waals surface area (Å²) in [4.78, 5) is 38.8. The summed E-state index contributed by atoms with van der Waals surface area (Å²) in [6, 6.07) is 11.1. The minimum atomic E-state index is -0.440. The summed E-state index contributed by atoms with van der Waals surface area (Å²) < 4.78 is 10.8. The molecule has 5 rings (SSSR count). The third-order valence-corrected chi connectivity index (χ3v) is 8.05. The Hall–Kier alpha value is -2.61. The van der Waals surface area contributed by atoms with Gasteiger partial charge in [0.1, 0.15) is 17.0 Å². The zero-order valence-corrected chi connectivity index (χ0v) is 24.6. The number of fused-ring (bicyclic) bond motifs is 2. The van der Waals surface area contributed by atoms with Crippen molar-refractivity contribution in [3.63, 3.8) is 0 Å². The maximum Gasteiger partial charge on any atom is 0.410 e. The maximum absolute atomic E-state index is 12.2. The molecule has 2 aliphatic heterocycles. The smallest absolute Gasteiger partial charge is 0.410 e. The van der Waals surface area contributed by atoms with Crippen LogP contribution in [0.2, 0.25) is 0 Å². The third-order valence-electron chi connectivity index (χ3n) is 8.05. The van der Waals surface area contributed by atoms with Crippen LogP contribution in [0.15, 0.2) is 30.3 Å². The molecular weight excluding hydrogens is 494 g/mol. The van der Waals surface area contributed by atoms with E-state index in [0.29, 0.717) is 61.4 Å². The fourth-order valence-electron chi connectivity index (χ4n) is 6.35. The largest absolute Gasteiger partial charge is 0.444 e. The lowest BCUT2D eigenvalue weighted by Gasteiger charge is -2.25. The number of benzene rings is 1. The van der Waals surface area contributed by atoms with E-state index >= 15 is 0 Å². The highest BCUT2D eigenvalue weighted by molar-refractivity contribution is 5.82. The number of carbonyl (C=O) groups excluding carboxylic acids is 3. The number of hydrogen-bond donors (Lipinski definition) is 1. The zero-order valence-electron chi connectivity index (χ0n) is 24.6. The minimum Gasteiger partial charge on any atom is -0.444 e. The summed E-state index contributed by atoms with van der Waals surface area (Å²) in [6.07, 6.45) is 3.22. The van der Waals surface area contributed by atoms with E-state index in [1.54, 1.807) is 4.90 Å². The van der Waals surface area contributed by atoms with Gasteiger partial charge in [0.15, 0.2) is 0 Å². The predicted octanol–water partition coefficient (Wildman–Crippen LogP) is 5.25. The molecule has 4 aliphatic rings. The first-order chi connectivity index (χ1) is 18.3. The molecular formula is C31H47N3O5. The molecule has 8 nitrogen and oxygen atoms in total. The Kier molecular flexibility index (Phi) is 8.94. The predicted molar refractivity (Wildman–Crippen MR) is 150 cm³/mol. The van der Waals surface area contributed by atoms with Gasteiger partial charge in [-0.25, -0.2) is 9.59 Å². The second kappa shape index (κ2) is 11.9. The molecule has 1 aromatic carbocycles. The summed E-state index contributed by atoms with van der Waals surface area (Å²) in [6.45, 7) is 15.4. The molecule has 0 bridgehead atoms. The van der Waals surface area contributed by atoms with Crippen LogP contribution >= 0.6 is 0 Å². The molecule has 1 N–H and O–H groups in total. The summed E-state index contributed by atoms with van der Waals surface area (Å²) >= 11 is 0. The number of ether oxygens (including phenoxy) is 2. The molecule has 0 aromatic heterocycles. The quantitative estimate of drug-likeness (QED) is 0.562. The van der Waals surface area contributed by atoms with Gasteiger partial charge in [0.25, 0.3) is 0 Å². The van der Waals surface area contributed by atoms with Gasteiger partial charge < -0.3 is 24.6 Å². The number of Topliss-reactive ketones (excluding diaryl/α,β-unsaturated/α-hetero) is 1. The number of amides is 2. The van der Waals surface area contributed by atoms with Gasteiger partial charge in [0.05, 0.1) is 0 Å². The van der Waals surface area contributed by atoms with Crippen LogP contribution in [0.5, 0.6) is 0 Å². The molecule has 39 heavy (non-hydrogen) atoms. The molecule has 4 fully saturated rings. The van der Waals surface area contributed by atoms with Crippen LogP contribution in [0, 0.1) is 23.7 Å². The molecule has 4 unspecified atom stereocenters. The number of likely N-dealkylation sites (tertiary alicyclic amines) is 2. The number of rotatable bonds is 3. The van der Waals surface area contributed by atoms with Crippen LogP contribution in [0.1, 0.15) is 72.8 Å². The van der Waals surface area contributed by atoms with Crippen LogP contribution in [0.4, 0.5) is 9.59 Å². The topological polar surface area (TPSA) is 88.2 Å². The highest BCUT2D eigenvalue weighted by Crippen LogP contribution is 2.39. The van der Waals surface area contributed by atoms with Gasteiger partial charge in [-0.05, 0) is 83.6 Å². The van der Waals surface area contributed by atoms with Crippen molar-refractivity contribution in [2.75, 3.05) is 26.2 Å². The number of ketones is 1. The second-order valence-electron chi connectivity index (χ2n) is 13.8. The summed E-state index contributed by atoms with van der Waals surface area (Å²) in [7, 11) is 0. The Bertz CT molecular complexity index is 985. The molecule has 2 saturated heterocycles.